The Morgan fingerprint density at radius 1 is 0.882 bits per heavy atom. The van der Waals surface area contributed by atoms with E-state index < -0.39 is 14.9 Å². The number of anilines is 3. The van der Waals surface area contributed by atoms with E-state index in [0.717, 1.165) is 6.07 Å². The van der Waals surface area contributed by atoms with Gasteiger partial charge >= 0.3 is 0 Å². The number of nitrogens with zero attached hydrogens (tertiary/aromatic N) is 3. The van der Waals surface area contributed by atoms with Crippen molar-refractivity contribution in [3.05, 3.63) is 76.8 Å². The summed E-state index contributed by atoms with van der Waals surface area (Å²) >= 11 is 0. The molecule has 1 heterocycles. The first-order chi connectivity index (χ1) is 16.3. The van der Waals surface area contributed by atoms with E-state index in [-0.39, 0.29) is 22.2 Å². The van der Waals surface area contributed by atoms with E-state index >= 15 is 0 Å². The van der Waals surface area contributed by atoms with Crippen LogP contribution in [0.4, 0.5) is 23.0 Å². The van der Waals surface area contributed by atoms with Gasteiger partial charge in [-0.1, -0.05) is 24.3 Å². The van der Waals surface area contributed by atoms with Gasteiger partial charge in [0.2, 0.25) is 0 Å². The van der Waals surface area contributed by atoms with Crippen molar-refractivity contribution in [3.8, 4) is 11.5 Å². The Balaban J connectivity index is 1.81. The molecule has 0 atom stereocenters. The number of nitro benzene ring substituents is 1. The average molecular weight is 481 g/mol. The Morgan fingerprint density at radius 3 is 2.21 bits per heavy atom. The molecule has 0 fully saturated rings. The lowest BCUT2D eigenvalue weighted by molar-refractivity contribution is -0.385. The van der Waals surface area contributed by atoms with E-state index in [9.17, 15) is 18.5 Å². The molecule has 0 amide bonds. The minimum Gasteiger partial charge on any atom is -0.493 e. The summed E-state index contributed by atoms with van der Waals surface area (Å²) in [5, 5.41) is 14.1. The van der Waals surface area contributed by atoms with Crippen LogP contribution in [0.1, 0.15) is 0 Å². The number of non-ortho nitro benzene ring substituents is 1. The molecular formula is C22H19N5O6S. The van der Waals surface area contributed by atoms with Crippen LogP contribution in [0, 0.1) is 10.1 Å². The molecule has 0 spiro atoms. The quantitative estimate of drug-likeness (QED) is 0.280. The summed E-state index contributed by atoms with van der Waals surface area (Å²) in [6.07, 6.45) is 0. The van der Waals surface area contributed by atoms with Gasteiger partial charge in [-0.2, -0.15) is 0 Å². The van der Waals surface area contributed by atoms with Crippen molar-refractivity contribution in [1.29, 1.82) is 0 Å². The molecule has 174 valence electrons. The number of para-hydroxylation sites is 3. The molecule has 12 heteroatoms. The number of sulfonamides is 1. The summed E-state index contributed by atoms with van der Waals surface area (Å²) < 4.78 is 39.3. The van der Waals surface area contributed by atoms with Crippen molar-refractivity contribution >= 4 is 44.1 Å². The third-order valence-electron chi connectivity index (χ3n) is 4.80. The molecular weight excluding hydrogens is 462 g/mol. The number of methoxy groups -OCH3 is 2. The average Bonchev–Trinajstić information content (AvgIpc) is 2.84. The van der Waals surface area contributed by atoms with Crippen LogP contribution in [-0.2, 0) is 10.0 Å². The lowest BCUT2D eigenvalue weighted by Gasteiger charge is -2.16. The number of aromatic nitrogens is 2. The van der Waals surface area contributed by atoms with Gasteiger partial charge in [0.05, 0.1) is 40.8 Å². The van der Waals surface area contributed by atoms with Gasteiger partial charge in [0, 0.05) is 12.1 Å². The molecule has 4 aromatic rings. The second-order valence-electron chi connectivity index (χ2n) is 6.94. The van der Waals surface area contributed by atoms with Crippen molar-refractivity contribution < 1.29 is 22.8 Å². The van der Waals surface area contributed by atoms with E-state index in [0.29, 0.717) is 28.2 Å². The zero-order chi connectivity index (χ0) is 24.3. The van der Waals surface area contributed by atoms with Crippen LogP contribution in [0.25, 0.3) is 11.0 Å². The number of nitro groups is 1. The molecule has 0 saturated carbocycles. The minimum absolute atomic E-state index is 0.0965. The summed E-state index contributed by atoms with van der Waals surface area (Å²) in [6, 6.07) is 16.8. The molecule has 1 aromatic heterocycles. The number of nitrogens with one attached hydrogen (secondary N) is 2. The topological polar surface area (TPSA) is 146 Å². The molecule has 11 nitrogen and oxygen atoms in total. The van der Waals surface area contributed by atoms with Gasteiger partial charge in [-0.25, -0.2) is 18.4 Å². The van der Waals surface area contributed by atoms with Gasteiger partial charge in [0.15, 0.2) is 23.1 Å². The van der Waals surface area contributed by atoms with Crippen LogP contribution in [0.2, 0.25) is 0 Å². The first-order valence-electron chi connectivity index (χ1n) is 9.84. The Bertz CT molecular complexity index is 1490. The lowest BCUT2D eigenvalue weighted by Crippen LogP contribution is -2.16. The molecule has 0 aliphatic heterocycles. The maximum atomic E-state index is 13.1. The molecule has 4 rings (SSSR count). The van der Waals surface area contributed by atoms with Crippen molar-refractivity contribution in [2.75, 3.05) is 24.3 Å². The van der Waals surface area contributed by atoms with Gasteiger partial charge in [0.25, 0.3) is 15.7 Å². The highest BCUT2D eigenvalue weighted by Crippen LogP contribution is 2.37. The molecule has 2 N–H and O–H groups in total. The fraction of sp³-hybridized carbons (Fsp3) is 0.0909. The Hall–Kier alpha value is -4.45. The van der Waals surface area contributed by atoms with Crippen LogP contribution in [-0.4, -0.2) is 37.5 Å². The van der Waals surface area contributed by atoms with Gasteiger partial charge in [-0.3, -0.25) is 14.8 Å². The largest absolute Gasteiger partial charge is 0.493 e. The summed E-state index contributed by atoms with van der Waals surface area (Å²) in [5.74, 6) is 0.835. The summed E-state index contributed by atoms with van der Waals surface area (Å²) in [4.78, 5) is 19.1. The second kappa shape index (κ2) is 9.19. The smallest absolute Gasteiger partial charge is 0.270 e. The third kappa shape index (κ3) is 4.52. The van der Waals surface area contributed by atoms with E-state index in [1.165, 1.54) is 32.4 Å². The predicted molar refractivity (Wildman–Crippen MR) is 126 cm³/mol. The van der Waals surface area contributed by atoms with Gasteiger partial charge < -0.3 is 14.8 Å². The number of hydrogen-bond donors (Lipinski definition) is 2. The van der Waals surface area contributed by atoms with Crippen LogP contribution in [0.3, 0.4) is 0 Å². The minimum atomic E-state index is -4.23. The summed E-state index contributed by atoms with van der Waals surface area (Å²) in [5.41, 5.74) is 1.07. The fourth-order valence-electron chi connectivity index (χ4n) is 3.22. The summed E-state index contributed by atoms with van der Waals surface area (Å²) in [7, 11) is -1.26. The van der Waals surface area contributed by atoms with Crippen molar-refractivity contribution in [3.63, 3.8) is 0 Å². The van der Waals surface area contributed by atoms with E-state index in [1.54, 1.807) is 42.5 Å². The molecule has 0 radical (unpaired) electrons. The fourth-order valence-corrected chi connectivity index (χ4v) is 4.27. The number of ether oxygens (including phenoxy) is 2. The van der Waals surface area contributed by atoms with Crippen LogP contribution < -0.4 is 19.5 Å². The van der Waals surface area contributed by atoms with Crippen LogP contribution in [0.15, 0.2) is 71.6 Å². The predicted octanol–water partition coefficient (Wildman–Crippen LogP) is 4.10. The van der Waals surface area contributed by atoms with E-state index in [2.05, 4.69) is 20.0 Å². The molecule has 0 aliphatic rings. The molecule has 3 aromatic carbocycles. The highest BCUT2D eigenvalue weighted by molar-refractivity contribution is 7.92. The second-order valence-corrected chi connectivity index (χ2v) is 8.62. The standard InChI is InChI=1S/C22H19N5O6S/c1-32-19-12-6-11-18(20(19)33-2)25-21-22(24-17-10-4-3-9-16(17)23-21)26-34(30,31)15-8-5-7-14(13-15)27(28)29/h3-13H,1-2H3,(H,23,25)(H,24,26). The van der Waals surface area contributed by atoms with Crippen molar-refractivity contribution in [2.45, 2.75) is 4.90 Å². The first kappa shape index (κ1) is 22.7. The molecule has 0 saturated heterocycles. The molecule has 0 aliphatic carbocycles. The zero-order valence-electron chi connectivity index (χ0n) is 18.1. The normalized spacial score (nSPS) is 11.1. The van der Waals surface area contributed by atoms with Gasteiger partial charge in [-0.15, -0.1) is 0 Å². The Labute approximate surface area is 194 Å². The third-order valence-corrected chi connectivity index (χ3v) is 6.13. The maximum absolute atomic E-state index is 13.1. The monoisotopic (exact) mass is 481 g/mol. The lowest BCUT2D eigenvalue weighted by atomic mass is 10.2. The highest BCUT2D eigenvalue weighted by Gasteiger charge is 2.22. The van der Waals surface area contributed by atoms with E-state index in [4.69, 9.17) is 9.47 Å². The molecule has 0 bridgehead atoms. The van der Waals surface area contributed by atoms with E-state index in [1.807, 2.05) is 0 Å². The van der Waals surface area contributed by atoms with Crippen molar-refractivity contribution in [2.24, 2.45) is 0 Å². The first-order valence-corrected chi connectivity index (χ1v) is 11.3. The van der Waals surface area contributed by atoms with Gasteiger partial charge in [0.1, 0.15) is 0 Å². The SMILES string of the molecule is COc1cccc(Nc2nc3ccccc3nc2NS(=O)(=O)c2cccc([N+](=O)[O-])c2)c1OC. The Morgan fingerprint density at radius 2 is 1.56 bits per heavy atom. The number of hydrogen-bond acceptors (Lipinski definition) is 9. The number of benzene rings is 3. The Kier molecular flexibility index (Phi) is 6.15. The van der Waals surface area contributed by atoms with Crippen LogP contribution >= 0.6 is 0 Å². The number of rotatable bonds is 8. The van der Waals surface area contributed by atoms with Gasteiger partial charge in [-0.05, 0) is 30.3 Å². The maximum Gasteiger partial charge on any atom is 0.270 e. The zero-order valence-corrected chi connectivity index (χ0v) is 18.9. The molecule has 0 unspecified atom stereocenters. The van der Waals surface area contributed by atoms with Crippen molar-refractivity contribution in [1.82, 2.24) is 9.97 Å². The molecule has 34 heavy (non-hydrogen) atoms. The summed E-state index contributed by atoms with van der Waals surface area (Å²) in [6.45, 7) is 0. The highest BCUT2D eigenvalue weighted by atomic mass is 32.2. The number of fused-ring (bicyclic) bond motifs is 1. The van der Waals surface area contributed by atoms with Crippen LogP contribution in [0.5, 0.6) is 11.5 Å².